The first-order chi connectivity index (χ1) is 14.3. The lowest BCUT2D eigenvalue weighted by molar-refractivity contribution is 0.467. The number of nitrogens with zero attached hydrogens (tertiary/aromatic N) is 4. The fourth-order valence-corrected chi connectivity index (χ4v) is 4.48. The molecule has 0 amide bonds. The van der Waals surface area contributed by atoms with Crippen LogP contribution in [-0.4, -0.2) is 45.8 Å². The molecule has 1 aromatic carbocycles. The van der Waals surface area contributed by atoms with Gasteiger partial charge in [0.1, 0.15) is 0 Å². The molecule has 1 atom stereocenters. The molecule has 0 saturated carbocycles. The topological polar surface area (TPSA) is 78.9 Å². The molecule has 6 nitrogen and oxygen atoms in total. The van der Waals surface area contributed by atoms with Crippen LogP contribution in [0.5, 0.6) is 0 Å². The number of nitrogens with one attached hydrogen (secondary N) is 2. The third-order valence-electron chi connectivity index (χ3n) is 6.03. The minimum absolute atomic E-state index is 0.0838. The van der Waals surface area contributed by atoms with Crippen molar-refractivity contribution in [1.82, 2.24) is 25.3 Å². The smallest absolute Gasteiger partial charge is 0.161 e. The van der Waals surface area contributed by atoms with E-state index in [2.05, 4.69) is 43.5 Å². The van der Waals surface area contributed by atoms with Gasteiger partial charge in [-0.2, -0.15) is 0 Å². The molecule has 1 unspecified atom stereocenters. The average Bonchev–Trinajstić information content (AvgIpc) is 3.42. The molecule has 6 rings (SSSR count). The molecule has 4 aromatic rings. The predicted molar refractivity (Wildman–Crippen MR) is 114 cm³/mol. The Hall–Kier alpha value is -3.38. The monoisotopic (exact) mass is 380 g/mol. The predicted octanol–water partition coefficient (Wildman–Crippen LogP) is 3.35. The maximum atomic E-state index is 4.84. The SMILES string of the molecule is C1=NCC2(CCNC2)c2[nH]c(-c3ccnc(-c4cnc5ccccc5c4)n3)cc21. The van der Waals surface area contributed by atoms with Crippen LogP contribution in [0.15, 0.2) is 59.9 Å². The van der Waals surface area contributed by atoms with Gasteiger partial charge in [-0.25, -0.2) is 9.97 Å². The number of H-pyrrole nitrogens is 1. The van der Waals surface area contributed by atoms with Crippen LogP contribution in [0.2, 0.25) is 0 Å². The molecule has 29 heavy (non-hydrogen) atoms. The molecular weight excluding hydrogens is 360 g/mol. The molecule has 0 radical (unpaired) electrons. The summed E-state index contributed by atoms with van der Waals surface area (Å²) in [5, 5.41) is 4.58. The first kappa shape index (κ1) is 16.6. The van der Waals surface area contributed by atoms with Gasteiger partial charge in [0, 0.05) is 52.8 Å². The van der Waals surface area contributed by atoms with E-state index in [1.54, 1.807) is 0 Å². The number of aromatic amines is 1. The lowest BCUT2D eigenvalue weighted by atomic mass is 9.80. The van der Waals surface area contributed by atoms with E-state index in [4.69, 9.17) is 4.98 Å². The maximum absolute atomic E-state index is 4.84. The Labute approximate surface area is 168 Å². The highest BCUT2D eigenvalue weighted by Crippen LogP contribution is 2.37. The molecule has 1 spiro atoms. The Balaban J connectivity index is 1.41. The van der Waals surface area contributed by atoms with Crippen LogP contribution in [-0.2, 0) is 5.41 Å². The average molecular weight is 380 g/mol. The van der Waals surface area contributed by atoms with Crippen molar-refractivity contribution in [3.63, 3.8) is 0 Å². The van der Waals surface area contributed by atoms with Crippen LogP contribution in [0.25, 0.3) is 33.7 Å². The van der Waals surface area contributed by atoms with Crippen molar-refractivity contribution in [3.8, 4) is 22.8 Å². The molecule has 1 fully saturated rings. The second kappa shape index (κ2) is 6.32. The third-order valence-corrected chi connectivity index (χ3v) is 6.03. The molecule has 6 heteroatoms. The number of fused-ring (bicyclic) bond motifs is 3. The molecule has 2 N–H and O–H groups in total. The molecule has 1 saturated heterocycles. The Bertz CT molecular complexity index is 1250. The normalized spacial score (nSPS) is 20.4. The maximum Gasteiger partial charge on any atom is 0.161 e. The van der Waals surface area contributed by atoms with Gasteiger partial charge >= 0.3 is 0 Å². The standard InChI is InChI=1S/C23H20N6/c1-2-4-18-15(3-1)9-17(12-27-18)22-26-7-5-19(29-22)20-10-16-11-25-14-23(21(16)28-20)6-8-24-13-23/h1-5,7,9-12,24,28H,6,8,13-14H2. The van der Waals surface area contributed by atoms with Crippen LogP contribution in [0.3, 0.4) is 0 Å². The van der Waals surface area contributed by atoms with Crippen molar-refractivity contribution < 1.29 is 0 Å². The zero-order chi connectivity index (χ0) is 19.3. The van der Waals surface area contributed by atoms with E-state index >= 15 is 0 Å². The number of benzene rings is 1. The van der Waals surface area contributed by atoms with Crippen LogP contribution in [0, 0.1) is 0 Å². The van der Waals surface area contributed by atoms with Gasteiger partial charge in [-0.15, -0.1) is 0 Å². The van der Waals surface area contributed by atoms with Gasteiger partial charge in [0.2, 0.25) is 0 Å². The van der Waals surface area contributed by atoms with E-state index in [-0.39, 0.29) is 5.41 Å². The second-order valence-corrected chi connectivity index (χ2v) is 7.87. The quantitative estimate of drug-likeness (QED) is 0.559. The highest BCUT2D eigenvalue weighted by atomic mass is 15.0. The van der Waals surface area contributed by atoms with Crippen molar-refractivity contribution in [1.29, 1.82) is 0 Å². The minimum atomic E-state index is 0.0838. The summed E-state index contributed by atoms with van der Waals surface area (Å²) in [6.07, 6.45) is 6.74. The van der Waals surface area contributed by atoms with Crippen molar-refractivity contribution in [3.05, 3.63) is 66.1 Å². The van der Waals surface area contributed by atoms with Gasteiger partial charge in [0.15, 0.2) is 5.82 Å². The number of rotatable bonds is 2. The van der Waals surface area contributed by atoms with Crippen molar-refractivity contribution in [2.75, 3.05) is 19.6 Å². The van der Waals surface area contributed by atoms with E-state index in [1.165, 1.54) is 11.3 Å². The van der Waals surface area contributed by atoms with Crippen LogP contribution >= 0.6 is 0 Å². The largest absolute Gasteiger partial charge is 0.356 e. The Morgan fingerprint density at radius 2 is 2.00 bits per heavy atom. The van der Waals surface area contributed by atoms with Crippen molar-refractivity contribution in [2.24, 2.45) is 4.99 Å². The number of para-hydroxylation sites is 1. The third kappa shape index (κ3) is 2.68. The first-order valence-corrected chi connectivity index (χ1v) is 9.93. The van der Waals surface area contributed by atoms with Gasteiger partial charge in [-0.1, -0.05) is 18.2 Å². The molecule has 142 valence electrons. The fraction of sp³-hybridized carbons (Fsp3) is 0.217. The number of aromatic nitrogens is 4. The zero-order valence-corrected chi connectivity index (χ0v) is 15.9. The van der Waals surface area contributed by atoms with Crippen LogP contribution < -0.4 is 5.32 Å². The summed E-state index contributed by atoms with van der Waals surface area (Å²) < 4.78 is 0. The van der Waals surface area contributed by atoms with Gasteiger partial charge in [0.05, 0.1) is 23.4 Å². The van der Waals surface area contributed by atoms with Crippen molar-refractivity contribution in [2.45, 2.75) is 11.8 Å². The Morgan fingerprint density at radius 3 is 2.93 bits per heavy atom. The van der Waals surface area contributed by atoms with E-state index in [0.717, 1.165) is 53.9 Å². The zero-order valence-electron chi connectivity index (χ0n) is 15.9. The fourth-order valence-electron chi connectivity index (χ4n) is 4.48. The van der Waals surface area contributed by atoms with Crippen LogP contribution in [0.4, 0.5) is 0 Å². The molecule has 5 heterocycles. The lowest BCUT2D eigenvalue weighted by Crippen LogP contribution is -2.35. The minimum Gasteiger partial charge on any atom is -0.356 e. The van der Waals surface area contributed by atoms with Crippen molar-refractivity contribution >= 4 is 17.1 Å². The van der Waals surface area contributed by atoms with Gasteiger partial charge in [0.25, 0.3) is 0 Å². The molecule has 2 aliphatic heterocycles. The molecule has 0 aliphatic carbocycles. The Kier molecular flexibility index (Phi) is 3.61. The highest BCUT2D eigenvalue weighted by molar-refractivity contribution is 5.86. The van der Waals surface area contributed by atoms with E-state index in [9.17, 15) is 0 Å². The summed E-state index contributed by atoms with van der Waals surface area (Å²) in [7, 11) is 0. The van der Waals surface area contributed by atoms with Crippen LogP contribution in [0.1, 0.15) is 17.7 Å². The van der Waals surface area contributed by atoms with E-state index < -0.39 is 0 Å². The second-order valence-electron chi connectivity index (χ2n) is 7.87. The van der Waals surface area contributed by atoms with E-state index in [1.807, 2.05) is 42.9 Å². The number of aliphatic imine (C=N–C) groups is 1. The summed E-state index contributed by atoms with van der Waals surface area (Å²) in [4.78, 5) is 22.2. The number of pyridine rings is 1. The highest BCUT2D eigenvalue weighted by Gasteiger charge is 2.40. The lowest BCUT2D eigenvalue weighted by Gasteiger charge is -2.28. The number of hydrogen-bond donors (Lipinski definition) is 2. The first-order valence-electron chi connectivity index (χ1n) is 9.93. The summed E-state index contributed by atoms with van der Waals surface area (Å²) in [5.41, 5.74) is 6.31. The summed E-state index contributed by atoms with van der Waals surface area (Å²) in [6, 6.07) is 14.3. The summed E-state index contributed by atoms with van der Waals surface area (Å²) in [5.74, 6) is 0.680. The van der Waals surface area contributed by atoms with Gasteiger partial charge in [-0.3, -0.25) is 9.98 Å². The number of hydrogen-bond acceptors (Lipinski definition) is 5. The molecule has 0 bridgehead atoms. The van der Waals surface area contributed by atoms with Gasteiger partial charge in [-0.05, 0) is 37.2 Å². The van der Waals surface area contributed by atoms with Gasteiger partial charge < -0.3 is 10.3 Å². The Morgan fingerprint density at radius 1 is 1.03 bits per heavy atom. The summed E-state index contributed by atoms with van der Waals surface area (Å²) in [6.45, 7) is 2.84. The molecular formula is C23H20N6. The molecule has 3 aromatic heterocycles. The molecule has 2 aliphatic rings. The van der Waals surface area contributed by atoms with E-state index in [0.29, 0.717) is 5.82 Å². The summed E-state index contributed by atoms with van der Waals surface area (Å²) >= 11 is 0.